The highest BCUT2D eigenvalue weighted by Crippen LogP contribution is 2.38. The minimum absolute atomic E-state index is 0.00322. The van der Waals surface area contributed by atoms with Crippen LogP contribution in [0.25, 0.3) is 0 Å². The molecule has 0 aromatic carbocycles. The maximum absolute atomic E-state index is 12.5. The normalized spacial score (nSPS) is 28.3. The lowest BCUT2D eigenvalue weighted by Gasteiger charge is -2.48. The van der Waals surface area contributed by atoms with Crippen LogP contribution < -0.4 is 10.6 Å². The van der Waals surface area contributed by atoms with E-state index in [-0.39, 0.29) is 31.4 Å². The predicted octanol–water partition coefficient (Wildman–Crippen LogP) is -0.719. The molecule has 1 aliphatic rings. The molecule has 11 nitrogen and oxygen atoms in total. The molecular weight excluding hydrogens is 438 g/mol. The second-order valence-corrected chi connectivity index (χ2v) is 7.60. The Bertz CT molecular complexity index is 598. The first-order valence-electron chi connectivity index (χ1n) is 9.33. The van der Waals surface area contributed by atoms with E-state index >= 15 is 0 Å². The number of hydrogen-bond donors (Lipinski definition) is 3. The third-order valence-electron chi connectivity index (χ3n) is 4.96. The zero-order valence-electron chi connectivity index (χ0n) is 17.6. The molecule has 1 rings (SSSR count). The number of carbonyl (C=O) groups is 3. The Kier molecular flexibility index (Phi) is 11.6. The molecule has 0 aromatic heterocycles. The Balaban J connectivity index is 3.34. The van der Waals surface area contributed by atoms with Gasteiger partial charge < -0.3 is 39.0 Å². The minimum atomic E-state index is -1.80. The summed E-state index contributed by atoms with van der Waals surface area (Å²) in [4.78, 5) is 35.7. The van der Waals surface area contributed by atoms with Crippen LogP contribution >= 0.6 is 18.9 Å². The highest BCUT2D eigenvalue weighted by molar-refractivity contribution is 7.10. The van der Waals surface area contributed by atoms with Gasteiger partial charge in [-0.05, 0) is 12.3 Å². The van der Waals surface area contributed by atoms with E-state index in [0.29, 0.717) is 6.42 Å². The van der Waals surface area contributed by atoms with Gasteiger partial charge in [-0.3, -0.25) is 9.59 Å². The van der Waals surface area contributed by atoms with Gasteiger partial charge in [0.25, 0.3) is 5.79 Å². The van der Waals surface area contributed by atoms with Crippen LogP contribution in [0.3, 0.4) is 0 Å². The fourth-order valence-corrected chi connectivity index (χ4v) is 3.97. The van der Waals surface area contributed by atoms with E-state index in [1.54, 1.807) is 0 Å². The average molecular weight is 470 g/mol. The van der Waals surface area contributed by atoms with Crippen LogP contribution in [-0.2, 0) is 37.6 Å². The number of aliphatic hydroxyl groups is 1. The van der Waals surface area contributed by atoms with E-state index in [1.165, 1.54) is 28.1 Å². The monoisotopic (exact) mass is 470 g/mol. The molecule has 0 aromatic rings. The molecule has 30 heavy (non-hydrogen) atoms. The van der Waals surface area contributed by atoms with Crippen molar-refractivity contribution in [1.29, 1.82) is 0 Å². The highest BCUT2D eigenvalue weighted by Gasteiger charge is 2.55. The van der Waals surface area contributed by atoms with E-state index in [1.807, 2.05) is 9.47 Å². The van der Waals surface area contributed by atoms with Gasteiger partial charge in [0, 0.05) is 52.9 Å². The molecule has 13 heteroatoms. The first-order chi connectivity index (χ1) is 14.1. The van der Waals surface area contributed by atoms with Crippen molar-refractivity contribution in [2.45, 2.75) is 56.8 Å². The maximum atomic E-state index is 12.5. The molecule has 0 saturated carbocycles. The van der Waals surface area contributed by atoms with Gasteiger partial charge in [0.1, 0.15) is 18.3 Å². The number of methoxy groups -OCH3 is 2. The van der Waals surface area contributed by atoms with Gasteiger partial charge in [-0.2, -0.15) is 0 Å². The summed E-state index contributed by atoms with van der Waals surface area (Å²) in [6, 6.07) is -0.702. The second-order valence-electron chi connectivity index (χ2n) is 6.99. The lowest BCUT2D eigenvalue weighted by atomic mass is 9.80. The van der Waals surface area contributed by atoms with Gasteiger partial charge in [-0.1, -0.05) is 0 Å². The van der Waals surface area contributed by atoms with Gasteiger partial charge in [0.15, 0.2) is 0 Å². The van der Waals surface area contributed by atoms with Gasteiger partial charge in [-0.25, -0.2) is 4.79 Å². The van der Waals surface area contributed by atoms with E-state index in [0.717, 1.165) is 0 Å². The van der Waals surface area contributed by atoms with Gasteiger partial charge in [-0.15, -0.1) is 0 Å². The molecule has 3 N–H and O–H groups in total. The van der Waals surface area contributed by atoms with E-state index in [4.69, 9.17) is 23.3 Å². The Morgan fingerprint density at radius 1 is 1.23 bits per heavy atom. The first-order valence-corrected chi connectivity index (χ1v) is 10.3. The number of ether oxygens (including phenoxy) is 3. The van der Waals surface area contributed by atoms with Crippen molar-refractivity contribution in [1.82, 2.24) is 10.6 Å². The second kappa shape index (κ2) is 12.8. The molecule has 0 aliphatic carbocycles. The Labute approximate surface area is 180 Å². The van der Waals surface area contributed by atoms with Crippen LogP contribution in [0.2, 0.25) is 0 Å². The summed E-state index contributed by atoms with van der Waals surface area (Å²) in [7, 11) is 6.59. The standard InChI is InChI=1S/C17H32N2O9P2/c1-9(20)18-6-5-11-7-17(25-4,16(23)24-3)27-15(13(11)19-10(2)21)14(22)12(28-30)8-26-29/h11-15,22H,5-8,29-30H2,1-4H3,(H,18,20)(H,19,21)/t11-,12+,13+,14+,15+,17?/m0/s1. The number of nitrogens with one attached hydrogen (secondary N) is 2. The molecule has 3 unspecified atom stereocenters. The third-order valence-corrected chi connectivity index (χ3v) is 5.50. The largest absolute Gasteiger partial charge is 0.465 e. The summed E-state index contributed by atoms with van der Waals surface area (Å²) >= 11 is 0. The molecule has 174 valence electrons. The number of carbonyl (C=O) groups excluding carboxylic acids is 3. The minimum Gasteiger partial charge on any atom is -0.465 e. The van der Waals surface area contributed by atoms with Crippen LogP contribution in [0.4, 0.5) is 0 Å². The highest BCUT2D eigenvalue weighted by atomic mass is 31.0. The molecule has 1 saturated heterocycles. The number of amides is 2. The zero-order chi connectivity index (χ0) is 22.9. The quantitative estimate of drug-likeness (QED) is 0.264. The third kappa shape index (κ3) is 7.05. The Morgan fingerprint density at radius 2 is 1.90 bits per heavy atom. The summed E-state index contributed by atoms with van der Waals surface area (Å²) < 4.78 is 26.4. The Morgan fingerprint density at radius 3 is 2.37 bits per heavy atom. The molecule has 0 spiro atoms. The van der Waals surface area contributed by atoms with Crippen LogP contribution in [0.15, 0.2) is 0 Å². The molecular formula is C17H32N2O9P2. The van der Waals surface area contributed by atoms with E-state index < -0.39 is 42.0 Å². The summed E-state index contributed by atoms with van der Waals surface area (Å²) in [5, 5.41) is 16.5. The SMILES string of the molecule is COC(=O)C1(OC)C[C@H](CCNC(C)=O)[C@@H](NC(C)=O)[C@H]([C@H](O)[C@@H](COP)OP)O1. The topological polar surface area (TPSA) is 142 Å². The maximum Gasteiger partial charge on any atom is 0.366 e. The van der Waals surface area contributed by atoms with Crippen LogP contribution in [0.1, 0.15) is 26.7 Å². The summed E-state index contributed by atoms with van der Waals surface area (Å²) in [5.74, 6) is -3.55. The van der Waals surface area contributed by atoms with Crippen molar-refractivity contribution < 1.29 is 42.7 Å². The van der Waals surface area contributed by atoms with Crippen molar-refractivity contribution in [2.75, 3.05) is 27.4 Å². The summed E-state index contributed by atoms with van der Waals surface area (Å²) in [6.45, 7) is 3.01. The van der Waals surface area contributed by atoms with Crippen molar-refractivity contribution in [3.63, 3.8) is 0 Å². The lowest BCUT2D eigenvalue weighted by Crippen LogP contribution is -2.66. The fraction of sp³-hybridized carbons (Fsp3) is 0.824. The van der Waals surface area contributed by atoms with Crippen LogP contribution in [-0.4, -0.2) is 80.4 Å². The van der Waals surface area contributed by atoms with E-state index in [9.17, 15) is 19.5 Å². The van der Waals surface area contributed by atoms with E-state index in [2.05, 4.69) is 20.1 Å². The van der Waals surface area contributed by atoms with Crippen molar-refractivity contribution in [3.8, 4) is 0 Å². The summed E-state index contributed by atoms with van der Waals surface area (Å²) in [6.07, 6.45) is -2.84. The fourth-order valence-electron chi connectivity index (χ4n) is 3.54. The molecule has 1 fully saturated rings. The van der Waals surface area contributed by atoms with Crippen LogP contribution in [0, 0.1) is 5.92 Å². The van der Waals surface area contributed by atoms with Crippen LogP contribution in [0.5, 0.6) is 0 Å². The lowest BCUT2D eigenvalue weighted by molar-refractivity contribution is -0.298. The zero-order valence-corrected chi connectivity index (χ0v) is 19.9. The predicted molar refractivity (Wildman–Crippen MR) is 112 cm³/mol. The number of rotatable bonds is 11. The molecule has 8 atom stereocenters. The Hall–Kier alpha value is -0.930. The molecule has 2 amide bonds. The number of hydrogen-bond acceptors (Lipinski definition) is 9. The van der Waals surface area contributed by atoms with Gasteiger partial charge >= 0.3 is 5.97 Å². The van der Waals surface area contributed by atoms with Crippen molar-refractivity contribution >= 4 is 36.7 Å². The average Bonchev–Trinajstić information content (AvgIpc) is 2.71. The molecule has 0 radical (unpaired) electrons. The summed E-state index contributed by atoms with van der Waals surface area (Å²) in [5.41, 5.74) is 0. The van der Waals surface area contributed by atoms with Gasteiger partial charge in [0.05, 0.1) is 19.8 Å². The van der Waals surface area contributed by atoms with Gasteiger partial charge in [0.2, 0.25) is 11.8 Å². The smallest absolute Gasteiger partial charge is 0.366 e. The number of aliphatic hydroxyl groups excluding tert-OH is 1. The molecule has 1 heterocycles. The number of esters is 1. The first kappa shape index (κ1) is 27.1. The molecule has 1 aliphatic heterocycles. The van der Waals surface area contributed by atoms with Crippen molar-refractivity contribution in [2.24, 2.45) is 5.92 Å². The molecule has 0 bridgehead atoms. The van der Waals surface area contributed by atoms with Crippen molar-refractivity contribution in [3.05, 3.63) is 0 Å².